The molecule has 7 nitrogen and oxygen atoms in total. The third kappa shape index (κ3) is 6.17. The van der Waals surface area contributed by atoms with E-state index in [0.717, 1.165) is 23.4 Å². The molecule has 198 valence electrons. The van der Waals surface area contributed by atoms with E-state index >= 15 is 0 Å². The molecule has 0 spiro atoms. The number of anilines is 2. The number of primary amides is 1. The Morgan fingerprint density at radius 2 is 1.68 bits per heavy atom. The van der Waals surface area contributed by atoms with Gasteiger partial charge < -0.3 is 20.3 Å². The Labute approximate surface area is 228 Å². The van der Waals surface area contributed by atoms with Gasteiger partial charge in [-0.05, 0) is 86.3 Å². The molecular weight excluding hydrogens is 502 g/mol. The zero-order valence-corrected chi connectivity index (χ0v) is 22.4. The number of amides is 3. The lowest BCUT2D eigenvalue weighted by Crippen LogP contribution is -2.47. The molecule has 0 bridgehead atoms. The monoisotopic (exact) mass is 533 g/mol. The highest BCUT2D eigenvalue weighted by Gasteiger charge is 2.38. The van der Waals surface area contributed by atoms with Crippen molar-refractivity contribution in [3.63, 3.8) is 0 Å². The van der Waals surface area contributed by atoms with Crippen LogP contribution in [0.15, 0.2) is 72.8 Å². The van der Waals surface area contributed by atoms with E-state index in [9.17, 15) is 14.4 Å². The number of fused-ring (bicyclic) bond motifs is 1. The Bertz CT molecular complexity index is 1290. The summed E-state index contributed by atoms with van der Waals surface area (Å²) in [7, 11) is 0. The van der Waals surface area contributed by atoms with Gasteiger partial charge in [-0.3, -0.25) is 14.4 Å². The van der Waals surface area contributed by atoms with E-state index in [1.54, 1.807) is 48.2 Å². The van der Waals surface area contributed by atoms with E-state index in [4.69, 9.17) is 22.1 Å². The number of hydrogen-bond acceptors (Lipinski definition) is 4. The highest BCUT2D eigenvalue weighted by Crippen LogP contribution is 2.43. The molecule has 0 radical (unpaired) electrons. The lowest BCUT2D eigenvalue weighted by Gasteiger charge is -2.43. The molecule has 0 unspecified atom stereocenters. The van der Waals surface area contributed by atoms with Crippen molar-refractivity contribution < 1.29 is 19.1 Å². The molecule has 3 amide bonds. The third-order valence-electron chi connectivity index (χ3n) is 6.72. The van der Waals surface area contributed by atoms with Gasteiger partial charge in [0.2, 0.25) is 11.8 Å². The number of hydrogen-bond donors (Lipinski definition) is 1. The molecule has 0 fully saturated rings. The van der Waals surface area contributed by atoms with E-state index in [1.807, 2.05) is 48.2 Å². The van der Waals surface area contributed by atoms with Gasteiger partial charge in [0.1, 0.15) is 5.75 Å². The van der Waals surface area contributed by atoms with Crippen LogP contribution in [-0.2, 0) is 9.59 Å². The van der Waals surface area contributed by atoms with Crippen LogP contribution in [0.5, 0.6) is 5.75 Å². The van der Waals surface area contributed by atoms with Gasteiger partial charge in [-0.25, -0.2) is 0 Å². The van der Waals surface area contributed by atoms with Crippen LogP contribution in [0.3, 0.4) is 0 Å². The van der Waals surface area contributed by atoms with Gasteiger partial charge in [0.25, 0.3) is 5.91 Å². The van der Waals surface area contributed by atoms with Crippen molar-refractivity contribution in [2.45, 2.75) is 51.6 Å². The predicted molar refractivity (Wildman–Crippen MR) is 150 cm³/mol. The third-order valence-corrected chi connectivity index (χ3v) is 6.97. The molecule has 3 aromatic carbocycles. The smallest absolute Gasteiger partial charge is 0.258 e. The van der Waals surface area contributed by atoms with Crippen molar-refractivity contribution in [2.75, 3.05) is 16.4 Å². The van der Waals surface area contributed by atoms with Crippen LogP contribution in [0.2, 0.25) is 5.02 Å². The van der Waals surface area contributed by atoms with Crippen molar-refractivity contribution in [1.29, 1.82) is 0 Å². The number of halogens is 1. The quantitative estimate of drug-likeness (QED) is 0.346. The summed E-state index contributed by atoms with van der Waals surface area (Å²) in [5.41, 5.74) is 8.18. The van der Waals surface area contributed by atoms with Gasteiger partial charge in [-0.2, -0.15) is 0 Å². The Balaban J connectivity index is 1.55. The second kappa shape index (κ2) is 12.1. The summed E-state index contributed by atoms with van der Waals surface area (Å²) in [5.74, 6) is 0.154. The molecule has 2 N–H and O–H groups in total. The molecule has 0 aromatic heterocycles. The van der Waals surface area contributed by atoms with E-state index < -0.39 is 0 Å². The van der Waals surface area contributed by atoms with Crippen LogP contribution in [0.4, 0.5) is 11.4 Å². The summed E-state index contributed by atoms with van der Waals surface area (Å²) in [5, 5.41) is 0.603. The predicted octanol–water partition coefficient (Wildman–Crippen LogP) is 5.91. The zero-order valence-electron chi connectivity index (χ0n) is 21.6. The molecule has 4 rings (SSSR count). The minimum atomic E-state index is -0.313. The Morgan fingerprint density at radius 1 is 1.00 bits per heavy atom. The molecule has 0 saturated heterocycles. The Hall–Kier alpha value is -3.84. The lowest BCUT2D eigenvalue weighted by atomic mass is 9.89. The standard InChI is InChI=1S/C30H32ClN3O4/c1-20-19-28(34(21(2)35)24-14-12-23(31)13-15-24)26-7-3-4-8-27(26)33(20)30(37)22-10-16-25(17-11-22)38-18-6-5-9-29(32)36/h3-4,7-8,10-17,20,28H,5-6,9,18-19H2,1-2H3,(H2,32,36)/t20-,28+/m0/s1. The average molecular weight is 534 g/mol. The number of carbonyl (C=O) groups is 3. The molecule has 3 aromatic rings. The summed E-state index contributed by atoms with van der Waals surface area (Å²) >= 11 is 6.09. The van der Waals surface area contributed by atoms with Gasteiger partial charge in [-0.15, -0.1) is 0 Å². The number of unbranched alkanes of at least 4 members (excludes halogenated alkanes) is 1. The molecule has 1 aliphatic heterocycles. The maximum Gasteiger partial charge on any atom is 0.258 e. The largest absolute Gasteiger partial charge is 0.494 e. The number of nitrogens with two attached hydrogens (primary N) is 1. The second-order valence-electron chi connectivity index (χ2n) is 9.50. The fourth-order valence-electron chi connectivity index (χ4n) is 4.94. The minimum absolute atomic E-state index is 0.0793. The van der Waals surface area contributed by atoms with Crippen molar-refractivity contribution in [3.8, 4) is 5.75 Å². The van der Waals surface area contributed by atoms with E-state index in [0.29, 0.717) is 42.2 Å². The van der Waals surface area contributed by atoms with Gasteiger partial charge in [0, 0.05) is 41.3 Å². The molecule has 1 aliphatic rings. The molecular formula is C30H32ClN3O4. The van der Waals surface area contributed by atoms with E-state index in [2.05, 4.69) is 0 Å². The summed E-state index contributed by atoms with van der Waals surface area (Å²) < 4.78 is 5.73. The second-order valence-corrected chi connectivity index (χ2v) is 9.93. The SMILES string of the molecule is CC(=O)N(c1ccc(Cl)cc1)[C@@H]1C[C@H](C)N(C(=O)c2ccc(OCCCCC(N)=O)cc2)c2ccccc21. The van der Waals surface area contributed by atoms with E-state index in [-0.39, 0.29) is 29.8 Å². The number of carbonyl (C=O) groups excluding carboxylic acids is 3. The van der Waals surface area contributed by atoms with Crippen molar-refractivity contribution in [3.05, 3.63) is 88.9 Å². The highest BCUT2D eigenvalue weighted by molar-refractivity contribution is 6.30. The molecule has 2 atom stereocenters. The van der Waals surface area contributed by atoms with Crippen LogP contribution in [-0.4, -0.2) is 30.4 Å². The average Bonchev–Trinajstić information content (AvgIpc) is 2.89. The lowest BCUT2D eigenvalue weighted by molar-refractivity contribution is -0.118. The Morgan fingerprint density at radius 3 is 2.34 bits per heavy atom. The first-order valence-electron chi connectivity index (χ1n) is 12.7. The highest BCUT2D eigenvalue weighted by atomic mass is 35.5. The molecule has 0 saturated carbocycles. The number of rotatable bonds is 9. The zero-order chi connectivity index (χ0) is 27.2. The number of nitrogens with zero attached hydrogens (tertiary/aromatic N) is 2. The topological polar surface area (TPSA) is 92.9 Å². The van der Waals surface area contributed by atoms with Crippen LogP contribution in [0.1, 0.15) is 61.5 Å². The van der Waals surface area contributed by atoms with Gasteiger partial charge in [0.05, 0.1) is 12.6 Å². The Kier molecular flexibility index (Phi) is 8.69. The maximum atomic E-state index is 13.7. The van der Waals surface area contributed by atoms with Crippen LogP contribution in [0, 0.1) is 0 Å². The summed E-state index contributed by atoms with van der Waals surface area (Å²) in [6.07, 6.45) is 2.33. The fraction of sp³-hybridized carbons (Fsp3) is 0.300. The van der Waals surface area contributed by atoms with Crippen molar-refractivity contribution >= 4 is 40.7 Å². The molecule has 1 heterocycles. The summed E-state index contributed by atoms with van der Waals surface area (Å²) in [4.78, 5) is 41.0. The van der Waals surface area contributed by atoms with Crippen LogP contribution >= 0.6 is 11.6 Å². The molecule has 38 heavy (non-hydrogen) atoms. The maximum absolute atomic E-state index is 13.7. The van der Waals surface area contributed by atoms with E-state index in [1.165, 1.54) is 0 Å². The first-order valence-corrected chi connectivity index (χ1v) is 13.1. The minimum Gasteiger partial charge on any atom is -0.494 e. The van der Waals surface area contributed by atoms with Crippen molar-refractivity contribution in [2.24, 2.45) is 5.73 Å². The van der Waals surface area contributed by atoms with Gasteiger partial charge in [0.15, 0.2) is 0 Å². The van der Waals surface area contributed by atoms with Crippen LogP contribution < -0.4 is 20.3 Å². The number of ether oxygens (including phenoxy) is 1. The normalized spacial score (nSPS) is 16.4. The molecule has 0 aliphatic carbocycles. The van der Waals surface area contributed by atoms with Crippen LogP contribution in [0.25, 0.3) is 0 Å². The summed E-state index contributed by atoms with van der Waals surface area (Å²) in [6.45, 7) is 4.03. The fourth-order valence-corrected chi connectivity index (χ4v) is 5.07. The first-order chi connectivity index (χ1) is 18.3. The number of para-hydroxylation sites is 1. The van der Waals surface area contributed by atoms with Gasteiger partial charge >= 0.3 is 0 Å². The number of benzene rings is 3. The molecule has 8 heteroatoms. The van der Waals surface area contributed by atoms with Crippen molar-refractivity contribution in [1.82, 2.24) is 0 Å². The first kappa shape index (κ1) is 27.2. The van der Waals surface area contributed by atoms with Gasteiger partial charge in [-0.1, -0.05) is 29.8 Å². The summed E-state index contributed by atoms with van der Waals surface area (Å²) in [6, 6.07) is 21.7.